The first-order chi connectivity index (χ1) is 8.79. The monoisotopic (exact) mass is 246 g/mol. The van der Waals surface area contributed by atoms with Crippen molar-refractivity contribution in [1.82, 2.24) is 0 Å². The van der Waals surface area contributed by atoms with Gasteiger partial charge in [-0.3, -0.25) is 0 Å². The number of benzene rings is 1. The van der Waals surface area contributed by atoms with Crippen LogP contribution in [0.3, 0.4) is 0 Å². The van der Waals surface area contributed by atoms with Crippen molar-refractivity contribution in [2.75, 3.05) is 6.79 Å². The van der Waals surface area contributed by atoms with Crippen LogP contribution in [0.2, 0.25) is 0 Å². The van der Waals surface area contributed by atoms with Crippen molar-refractivity contribution in [2.45, 2.75) is 46.0 Å². The SMILES string of the molecule is CCCC[C@@H]1Cc2c(ccc3c2OCO3)C[C@H]1C. The van der Waals surface area contributed by atoms with Gasteiger partial charge in [0.15, 0.2) is 11.5 Å². The zero-order valence-electron chi connectivity index (χ0n) is 11.4. The lowest BCUT2D eigenvalue weighted by atomic mass is 9.74. The molecule has 0 radical (unpaired) electrons. The zero-order valence-corrected chi connectivity index (χ0v) is 11.4. The molecule has 1 heterocycles. The average Bonchev–Trinajstić information content (AvgIpc) is 2.84. The normalized spacial score (nSPS) is 25.0. The van der Waals surface area contributed by atoms with Crippen LogP contribution in [0.1, 0.15) is 44.2 Å². The van der Waals surface area contributed by atoms with Crippen LogP contribution in [-0.2, 0) is 12.8 Å². The fourth-order valence-corrected chi connectivity index (χ4v) is 3.32. The van der Waals surface area contributed by atoms with Crippen molar-refractivity contribution in [3.63, 3.8) is 0 Å². The third-order valence-corrected chi connectivity index (χ3v) is 4.48. The Hall–Kier alpha value is -1.18. The minimum absolute atomic E-state index is 0.390. The Morgan fingerprint density at radius 2 is 2.11 bits per heavy atom. The van der Waals surface area contributed by atoms with E-state index in [1.165, 1.54) is 43.2 Å². The summed E-state index contributed by atoms with van der Waals surface area (Å²) in [4.78, 5) is 0. The van der Waals surface area contributed by atoms with Gasteiger partial charge >= 0.3 is 0 Å². The van der Waals surface area contributed by atoms with Crippen LogP contribution in [0, 0.1) is 11.8 Å². The average molecular weight is 246 g/mol. The van der Waals surface area contributed by atoms with Gasteiger partial charge in [0.2, 0.25) is 6.79 Å². The zero-order chi connectivity index (χ0) is 12.5. The van der Waals surface area contributed by atoms with Crippen molar-refractivity contribution in [1.29, 1.82) is 0 Å². The molecule has 0 spiro atoms. The Morgan fingerprint density at radius 1 is 1.22 bits per heavy atom. The van der Waals surface area contributed by atoms with Crippen molar-refractivity contribution < 1.29 is 9.47 Å². The predicted octanol–water partition coefficient (Wildman–Crippen LogP) is 3.96. The van der Waals surface area contributed by atoms with Crippen LogP contribution in [0.4, 0.5) is 0 Å². The summed E-state index contributed by atoms with van der Waals surface area (Å²) >= 11 is 0. The van der Waals surface area contributed by atoms with Gasteiger partial charge in [0, 0.05) is 5.56 Å². The lowest BCUT2D eigenvalue weighted by Gasteiger charge is -2.31. The second kappa shape index (κ2) is 4.83. The molecule has 0 saturated heterocycles. The Morgan fingerprint density at radius 3 is 2.94 bits per heavy atom. The molecule has 18 heavy (non-hydrogen) atoms. The van der Waals surface area contributed by atoms with E-state index >= 15 is 0 Å². The summed E-state index contributed by atoms with van der Waals surface area (Å²) in [7, 11) is 0. The van der Waals surface area contributed by atoms with Gasteiger partial charge in [-0.05, 0) is 42.7 Å². The Bertz CT molecular complexity index is 439. The molecule has 0 unspecified atom stereocenters. The third-order valence-electron chi connectivity index (χ3n) is 4.48. The molecule has 1 aliphatic heterocycles. The molecule has 0 aromatic heterocycles. The van der Waals surface area contributed by atoms with Gasteiger partial charge in [-0.25, -0.2) is 0 Å². The first-order valence-corrected chi connectivity index (χ1v) is 7.20. The van der Waals surface area contributed by atoms with Crippen molar-refractivity contribution in [3.05, 3.63) is 23.3 Å². The largest absolute Gasteiger partial charge is 0.454 e. The van der Waals surface area contributed by atoms with Gasteiger partial charge in [-0.2, -0.15) is 0 Å². The van der Waals surface area contributed by atoms with Gasteiger partial charge in [-0.15, -0.1) is 0 Å². The topological polar surface area (TPSA) is 18.5 Å². The van der Waals surface area contributed by atoms with E-state index in [-0.39, 0.29) is 0 Å². The van der Waals surface area contributed by atoms with E-state index in [4.69, 9.17) is 9.47 Å². The smallest absolute Gasteiger partial charge is 0.231 e. The number of ether oxygens (including phenoxy) is 2. The highest BCUT2D eigenvalue weighted by atomic mass is 16.7. The fourth-order valence-electron chi connectivity index (χ4n) is 3.32. The van der Waals surface area contributed by atoms with E-state index in [1.54, 1.807) is 0 Å². The lowest BCUT2D eigenvalue weighted by molar-refractivity contribution is 0.172. The molecule has 1 aromatic rings. The minimum Gasteiger partial charge on any atom is -0.454 e. The fraction of sp³-hybridized carbons (Fsp3) is 0.625. The molecular formula is C16H22O2. The number of fused-ring (bicyclic) bond motifs is 3. The number of rotatable bonds is 3. The van der Waals surface area contributed by atoms with Gasteiger partial charge < -0.3 is 9.47 Å². The Kier molecular flexibility index (Phi) is 3.19. The highest BCUT2D eigenvalue weighted by Crippen LogP contribution is 2.43. The van der Waals surface area contributed by atoms with Gasteiger partial charge in [-0.1, -0.05) is 32.8 Å². The molecule has 1 aromatic carbocycles. The van der Waals surface area contributed by atoms with E-state index in [2.05, 4.69) is 26.0 Å². The summed E-state index contributed by atoms with van der Waals surface area (Å²) in [5.74, 6) is 3.58. The quantitative estimate of drug-likeness (QED) is 0.803. The molecule has 0 N–H and O–H groups in total. The van der Waals surface area contributed by atoms with E-state index in [0.717, 1.165) is 23.3 Å². The molecule has 3 rings (SSSR count). The molecule has 2 aliphatic rings. The Balaban J connectivity index is 1.87. The highest BCUT2D eigenvalue weighted by Gasteiger charge is 2.30. The molecule has 0 fully saturated rings. The molecule has 0 saturated carbocycles. The molecule has 2 nitrogen and oxygen atoms in total. The van der Waals surface area contributed by atoms with Crippen molar-refractivity contribution >= 4 is 0 Å². The van der Waals surface area contributed by atoms with Crippen LogP contribution in [0.25, 0.3) is 0 Å². The molecule has 2 atom stereocenters. The van der Waals surface area contributed by atoms with Crippen LogP contribution in [0.5, 0.6) is 11.5 Å². The predicted molar refractivity (Wildman–Crippen MR) is 72.2 cm³/mol. The number of hydrogen-bond acceptors (Lipinski definition) is 2. The standard InChI is InChI=1S/C16H22O2/c1-3-4-5-12-9-14-13(8-11(12)2)6-7-15-16(14)18-10-17-15/h6-7,11-12H,3-5,8-10H2,1-2H3/t11-,12-/m1/s1. The highest BCUT2D eigenvalue weighted by molar-refractivity contribution is 5.53. The van der Waals surface area contributed by atoms with E-state index in [1.807, 2.05) is 0 Å². The summed E-state index contributed by atoms with van der Waals surface area (Å²) in [6, 6.07) is 4.30. The summed E-state index contributed by atoms with van der Waals surface area (Å²) in [6.45, 7) is 5.06. The molecule has 2 heteroatoms. The van der Waals surface area contributed by atoms with E-state index in [9.17, 15) is 0 Å². The second-order valence-corrected chi connectivity index (χ2v) is 5.72. The van der Waals surface area contributed by atoms with Crippen LogP contribution >= 0.6 is 0 Å². The van der Waals surface area contributed by atoms with Crippen molar-refractivity contribution in [3.8, 4) is 11.5 Å². The molecule has 1 aliphatic carbocycles. The van der Waals surface area contributed by atoms with Crippen LogP contribution < -0.4 is 9.47 Å². The second-order valence-electron chi connectivity index (χ2n) is 5.72. The molecule has 98 valence electrons. The van der Waals surface area contributed by atoms with Crippen LogP contribution in [0.15, 0.2) is 12.1 Å². The van der Waals surface area contributed by atoms with Gasteiger partial charge in [0.25, 0.3) is 0 Å². The summed E-state index contributed by atoms with van der Waals surface area (Å²) in [5.41, 5.74) is 2.89. The first kappa shape index (κ1) is 11.9. The number of unbranched alkanes of at least 4 members (excludes halogenated alkanes) is 1. The van der Waals surface area contributed by atoms with Gasteiger partial charge in [0.1, 0.15) is 0 Å². The minimum atomic E-state index is 0.390. The molecule has 0 bridgehead atoms. The summed E-state index contributed by atoms with van der Waals surface area (Å²) in [5, 5.41) is 0. The van der Waals surface area contributed by atoms with Crippen LogP contribution in [-0.4, -0.2) is 6.79 Å². The summed E-state index contributed by atoms with van der Waals surface area (Å²) < 4.78 is 11.1. The first-order valence-electron chi connectivity index (χ1n) is 7.20. The number of hydrogen-bond donors (Lipinski definition) is 0. The molecule has 0 amide bonds. The van der Waals surface area contributed by atoms with E-state index in [0.29, 0.717) is 6.79 Å². The Labute approximate surface area is 109 Å². The van der Waals surface area contributed by atoms with Gasteiger partial charge in [0.05, 0.1) is 0 Å². The third kappa shape index (κ3) is 1.98. The van der Waals surface area contributed by atoms with E-state index < -0.39 is 0 Å². The maximum absolute atomic E-state index is 5.66. The maximum Gasteiger partial charge on any atom is 0.231 e. The lowest BCUT2D eigenvalue weighted by Crippen LogP contribution is -2.23. The summed E-state index contributed by atoms with van der Waals surface area (Å²) in [6.07, 6.45) is 6.35. The molecular weight excluding hydrogens is 224 g/mol. The van der Waals surface area contributed by atoms with Crippen molar-refractivity contribution in [2.24, 2.45) is 11.8 Å². The maximum atomic E-state index is 5.66.